The largest absolute Gasteiger partial charge is 0.459 e. The molecule has 0 aliphatic heterocycles. The number of nitrogens with zero attached hydrogens (tertiary/aromatic N) is 4. The Morgan fingerprint density at radius 3 is 2.90 bits per heavy atom. The summed E-state index contributed by atoms with van der Waals surface area (Å²) in [6.45, 7) is 3.73. The van der Waals surface area contributed by atoms with Gasteiger partial charge in [0.2, 0.25) is 5.89 Å². The van der Waals surface area contributed by atoms with E-state index in [-0.39, 0.29) is 5.56 Å². The molecule has 3 heterocycles. The van der Waals surface area contributed by atoms with E-state index in [1.807, 2.05) is 25.1 Å². The van der Waals surface area contributed by atoms with Gasteiger partial charge in [0, 0.05) is 19.8 Å². The number of ether oxygens (including phenoxy) is 1. The van der Waals surface area contributed by atoms with Crippen LogP contribution < -0.4 is 5.56 Å². The average Bonchev–Trinajstić information content (AvgIpc) is 3.43. The highest BCUT2D eigenvalue weighted by molar-refractivity contribution is 7.98. The number of hydrogen-bond acceptors (Lipinski definition) is 8. The molecule has 8 nitrogen and oxygen atoms in total. The van der Waals surface area contributed by atoms with E-state index >= 15 is 0 Å². The Balaban J connectivity index is 1.57. The second-order valence-corrected chi connectivity index (χ2v) is 7.13. The predicted octanol–water partition coefficient (Wildman–Crippen LogP) is 3.76. The molecular weight excluding hydrogens is 392 g/mol. The minimum atomic E-state index is -0.0589. The van der Waals surface area contributed by atoms with Crippen LogP contribution in [0.15, 0.2) is 61.4 Å². The standard InChI is InChI=1S/C20H20N4O4S/c1-2-26-11-6-10-24-19(25)14-7-3-4-8-15(14)21-20(24)29-13-17-22-23-18(28-17)16-9-5-12-27-16/h3-5,7-9,12H,2,6,10-11,13H2,1H3. The van der Waals surface area contributed by atoms with Crippen LogP contribution in [0.3, 0.4) is 0 Å². The third-order valence-corrected chi connectivity index (χ3v) is 5.19. The zero-order valence-corrected chi connectivity index (χ0v) is 16.7. The molecule has 0 fully saturated rings. The highest BCUT2D eigenvalue weighted by atomic mass is 32.2. The molecule has 29 heavy (non-hydrogen) atoms. The highest BCUT2D eigenvalue weighted by Crippen LogP contribution is 2.24. The normalized spacial score (nSPS) is 11.3. The maximum absolute atomic E-state index is 13.0. The van der Waals surface area contributed by atoms with E-state index in [1.165, 1.54) is 11.8 Å². The number of para-hydroxylation sites is 1. The van der Waals surface area contributed by atoms with Crippen molar-refractivity contribution in [3.05, 3.63) is 58.9 Å². The molecule has 0 bridgehead atoms. The van der Waals surface area contributed by atoms with Gasteiger partial charge in [-0.25, -0.2) is 4.98 Å². The Bertz CT molecular complexity index is 1140. The third kappa shape index (κ3) is 4.41. The maximum Gasteiger partial charge on any atom is 0.283 e. The molecule has 1 aromatic carbocycles. The number of aromatic nitrogens is 4. The van der Waals surface area contributed by atoms with Crippen molar-refractivity contribution in [3.63, 3.8) is 0 Å². The van der Waals surface area contributed by atoms with Gasteiger partial charge in [-0.2, -0.15) is 0 Å². The van der Waals surface area contributed by atoms with Gasteiger partial charge in [0.05, 0.1) is 22.9 Å². The van der Waals surface area contributed by atoms with Gasteiger partial charge in [-0.1, -0.05) is 23.9 Å². The molecule has 4 rings (SSSR count). The minimum Gasteiger partial charge on any atom is -0.459 e. The van der Waals surface area contributed by atoms with Crippen molar-refractivity contribution in [2.45, 2.75) is 30.8 Å². The quantitative estimate of drug-likeness (QED) is 0.233. The van der Waals surface area contributed by atoms with Crippen molar-refractivity contribution in [1.29, 1.82) is 0 Å². The van der Waals surface area contributed by atoms with E-state index in [0.717, 1.165) is 6.42 Å². The maximum atomic E-state index is 13.0. The van der Waals surface area contributed by atoms with Crippen LogP contribution in [-0.2, 0) is 17.0 Å². The lowest BCUT2D eigenvalue weighted by Gasteiger charge is -2.12. The van der Waals surface area contributed by atoms with E-state index in [2.05, 4.69) is 15.2 Å². The zero-order chi connectivity index (χ0) is 20.1. The first-order chi connectivity index (χ1) is 14.3. The first kappa shape index (κ1) is 19.4. The fourth-order valence-corrected chi connectivity index (χ4v) is 3.72. The van der Waals surface area contributed by atoms with Gasteiger partial charge in [0.15, 0.2) is 10.9 Å². The fraction of sp³-hybridized carbons (Fsp3) is 0.300. The van der Waals surface area contributed by atoms with Crippen LogP contribution in [0.2, 0.25) is 0 Å². The number of hydrogen-bond donors (Lipinski definition) is 0. The number of thioether (sulfide) groups is 1. The molecule has 0 amide bonds. The van der Waals surface area contributed by atoms with Gasteiger partial charge in [-0.3, -0.25) is 9.36 Å². The van der Waals surface area contributed by atoms with Crippen LogP contribution in [0.1, 0.15) is 19.2 Å². The summed E-state index contributed by atoms with van der Waals surface area (Å²) in [5.74, 6) is 1.67. The number of rotatable bonds is 9. The van der Waals surface area contributed by atoms with Crippen molar-refractivity contribution in [3.8, 4) is 11.7 Å². The Morgan fingerprint density at radius 1 is 1.17 bits per heavy atom. The van der Waals surface area contributed by atoms with Gasteiger partial charge < -0.3 is 13.6 Å². The zero-order valence-electron chi connectivity index (χ0n) is 15.9. The highest BCUT2D eigenvalue weighted by Gasteiger charge is 2.15. The first-order valence-corrected chi connectivity index (χ1v) is 10.3. The van der Waals surface area contributed by atoms with Crippen LogP contribution in [0.4, 0.5) is 0 Å². The van der Waals surface area contributed by atoms with Crippen molar-refractivity contribution in [1.82, 2.24) is 19.7 Å². The average molecular weight is 412 g/mol. The summed E-state index contributed by atoms with van der Waals surface area (Å²) < 4.78 is 18.0. The Kier molecular flexibility index (Phi) is 6.06. The lowest BCUT2D eigenvalue weighted by Crippen LogP contribution is -2.24. The van der Waals surface area contributed by atoms with E-state index in [9.17, 15) is 4.79 Å². The molecule has 0 saturated heterocycles. The Hall–Kier alpha value is -2.91. The minimum absolute atomic E-state index is 0.0589. The van der Waals surface area contributed by atoms with Gasteiger partial charge >= 0.3 is 0 Å². The summed E-state index contributed by atoms with van der Waals surface area (Å²) in [7, 11) is 0. The van der Waals surface area contributed by atoms with E-state index in [1.54, 1.807) is 29.0 Å². The first-order valence-electron chi connectivity index (χ1n) is 9.32. The summed E-state index contributed by atoms with van der Waals surface area (Å²) in [5, 5.41) is 9.27. The van der Waals surface area contributed by atoms with Crippen LogP contribution in [0.5, 0.6) is 0 Å². The summed E-state index contributed by atoms with van der Waals surface area (Å²) in [5.41, 5.74) is 0.610. The van der Waals surface area contributed by atoms with Crippen molar-refractivity contribution in [2.75, 3.05) is 13.2 Å². The Morgan fingerprint density at radius 2 is 2.07 bits per heavy atom. The number of furan rings is 1. The molecule has 0 spiro atoms. The molecule has 3 aromatic heterocycles. The summed E-state index contributed by atoms with van der Waals surface area (Å²) in [6.07, 6.45) is 2.28. The fourth-order valence-electron chi connectivity index (χ4n) is 2.86. The lowest BCUT2D eigenvalue weighted by atomic mass is 10.2. The van der Waals surface area contributed by atoms with Crippen LogP contribution in [0.25, 0.3) is 22.6 Å². The number of benzene rings is 1. The van der Waals surface area contributed by atoms with E-state index in [4.69, 9.17) is 13.6 Å². The van der Waals surface area contributed by atoms with Crippen molar-refractivity contribution >= 4 is 22.7 Å². The second-order valence-electron chi connectivity index (χ2n) is 6.19. The molecule has 0 N–H and O–H groups in total. The Labute approximate surface area is 170 Å². The van der Waals surface area contributed by atoms with Gasteiger partial charge in [-0.15, -0.1) is 10.2 Å². The van der Waals surface area contributed by atoms with Crippen molar-refractivity contribution in [2.24, 2.45) is 0 Å². The van der Waals surface area contributed by atoms with Gasteiger partial charge in [-0.05, 0) is 37.6 Å². The summed E-state index contributed by atoms with van der Waals surface area (Å²) in [6, 6.07) is 10.9. The lowest BCUT2D eigenvalue weighted by molar-refractivity contribution is 0.140. The molecule has 0 aliphatic rings. The molecule has 0 radical (unpaired) electrons. The predicted molar refractivity (Wildman–Crippen MR) is 109 cm³/mol. The molecular formula is C20H20N4O4S. The summed E-state index contributed by atoms with van der Waals surface area (Å²) in [4.78, 5) is 17.7. The monoisotopic (exact) mass is 412 g/mol. The molecule has 0 unspecified atom stereocenters. The molecule has 0 atom stereocenters. The molecule has 4 aromatic rings. The topological polar surface area (TPSA) is 96.2 Å². The summed E-state index contributed by atoms with van der Waals surface area (Å²) >= 11 is 1.39. The molecule has 9 heteroatoms. The van der Waals surface area contributed by atoms with Crippen molar-refractivity contribution < 1.29 is 13.6 Å². The van der Waals surface area contributed by atoms with E-state index < -0.39 is 0 Å². The molecule has 0 saturated carbocycles. The molecule has 0 aliphatic carbocycles. The smallest absolute Gasteiger partial charge is 0.283 e. The van der Waals surface area contributed by atoms with Crippen LogP contribution >= 0.6 is 11.8 Å². The third-order valence-electron chi connectivity index (χ3n) is 4.22. The molecule has 150 valence electrons. The SMILES string of the molecule is CCOCCCn1c(SCc2nnc(-c3ccco3)o2)nc2ccccc2c1=O. The van der Waals surface area contributed by atoms with Crippen LogP contribution in [0, 0.1) is 0 Å². The number of fused-ring (bicyclic) bond motifs is 1. The van der Waals surface area contributed by atoms with Gasteiger partial charge in [0.25, 0.3) is 11.4 Å². The van der Waals surface area contributed by atoms with Gasteiger partial charge in [0.1, 0.15) is 0 Å². The second kappa shape index (κ2) is 9.06. The van der Waals surface area contributed by atoms with E-state index in [0.29, 0.717) is 59.1 Å². The van der Waals surface area contributed by atoms with Crippen LogP contribution in [-0.4, -0.2) is 33.0 Å².